The Labute approximate surface area is 149 Å². The molecule has 0 spiro atoms. The van der Waals surface area contributed by atoms with Gasteiger partial charge in [0.25, 0.3) is 0 Å². The molecule has 122 valence electrons. The predicted octanol–water partition coefficient (Wildman–Crippen LogP) is 6.02. The minimum Gasteiger partial charge on any atom is -0.355 e. The zero-order chi connectivity index (χ0) is 17.1. The van der Waals surface area contributed by atoms with E-state index in [0.717, 1.165) is 16.4 Å². The van der Waals surface area contributed by atoms with E-state index in [1.807, 2.05) is 18.5 Å². The highest BCUT2D eigenvalue weighted by Gasteiger charge is 2.09. The molecule has 0 aliphatic carbocycles. The summed E-state index contributed by atoms with van der Waals surface area (Å²) in [6.07, 6.45) is 3.75. The molecule has 0 radical (unpaired) electrons. The summed E-state index contributed by atoms with van der Waals surface area (Å²) >= 11 is 0. The number of nitrogens with one attached hydrogen (secondary N) is 2. The normalized spacial score (nSPS) is 11.8. The third-order valence-electron chi connectivity index (χ3n) is 5.24. The summed E-state index contributed by atoms with van der Waals surface area (Å²) in [7, 11) is 0. The van der Waals surface area contributed by atoms with Crippen molar-refractivity contribution in [3.05, 3.63) is 79.1 Å². The number of hydrogen-bond acceptors (Lipinski definition) is 1. The number of aromatic nitrogens is 3. The predicted molar refractivity (Wildman–Crippen MR) is 108 cm³/mol. The lowest BCUT2D eigenvalue weighted by molar-refractivity contribution is 1.36. The molecule has 3 heteroatoms. The first-order chi connectivity index (χ1) is 12.9. The van der Waals surface area contributed by atoms with Crippen molar-refractivity contribution < 1.29 is 0 Å². The zero-order valence-electron chi connectivity index (χ0n) is 14.0. The van der Waals surface area contributed by atoms with Crippen LogP contribution >= 0.6 is 0 Å². The fourth-order valence-electron chi connectivity index (χ4n) is 3.95. The van der Waals surface area contributed by atoms with Gasteiger partial charge in [0, 0.05) is 56.0 Å². The fourth-order valence-corrected chi connectivity index (χ4v) is 3.95. The van der Waals surface area contributed by atoms with Crippen LogP contribution in [0.1, 0.15) is 0 Å². The summed E-state index contributed by atoms with van der Waals surface area (Å²) < 4.78 is 0. The molecule has 0 fully saturated rings. The summed E-state index contributed by atoms with van der Waals surface area (Å²) in [4.78, 5) is 11.2. The van der Waals surface area contributed by atoms with E-state index in [9.17, 15) is 0 Å². The highest BCUT2D eigenvalue weighted by atomic mass is 14.7. The Hall–Kier alpha value is -3.59. The van der Waals surface area contributed by atoms with Crippen molar-refractivity contribution in [3.63, 3.8) is 0 Å². The largest absolute Gasteiger partial charge is 0.355 e. The maximum absolute atomic E-state index is 4.28. The fraction of sp³-hybridized carbons (Fsp3) is 0. The maximum atomic E-state index is 4.28. The van der Waals surface area contributed by atoms with Crippen molar-refractivity contribution in [1.82, 2.24) is 15.0 Å². The van der Waals surface area contributed by atoms with Gasteiger partial charge in [0.1, 0.15) is 0 Å². The maximum Gasteiger partial charge on any atom is 0.0495 e. The number of aromatic amines is 2. The Morgan fingerprint density at radius 1 is 0.538 bits per heavy atom. The molecule has 0 saturated carbocycles. The molecule has 6 aromatic rings. The molecule has 0 amide bonds. The minimum atomic E-state index is 1.12. The van der Waals surface area contributed by atoms with Crippen molar-refractivity contribution in [2.45, 2.75) is 0 Å². The van der Waals surface area contributed by atoms with E-state index < -0.39 is 0 Å². The van der Waals surface area contributed by atoms with Crippen molar-refractivity contribution in [2.24, 2.45) is 0 Å². The number of pyridine rings is 1. The molecule has 0 aliphatic rings. The van der Waals surface area contributed by atoms with Crippen LogP contribution in [0.4, 0.5) is 0 Å². The lowest BCUT2D eigenvalue weighted by atomic mass is 10.0. The van der Waals surface area contributed by atoms with Gasteiger partial charge in [-0.15, -0.1) is 0 Å². The number of hydrogen-bond donors (Lipinski definition) is 2. The highest BCUT2D eigenvalue weighted by Crippen LogP contribution is 2.33. The first kappa shape index (κ1) is 13.7. The molecule has 0 unspecified atom stereocenters. The minimum absolute atomic E-state index is 1.12. The lowest BCUT2D eigenvalue weighted by Gasteiger charge is -2.03. The van der Waals surface area contributed by atoms with Gasteiger partial charge in [0.15, 0.2) is 0 Å². The van der Waals surface area contributed by atoms with E-state index in [2.05, 4.69) is 75.6 Å². The molecule has 0 bridgehead atoms. The van der Waals surface area contributed by atoms with Crippen LogP contribution in [0.3, 0.4) is 0 Å². The molecule has 0 saturated heterocycles. The van der Waals surface area contributed by atoms with Crippen LogP contribution in [0, 0.1) is 0 Å². The Kier molecular flexibility index (Phi) is 2.61. The summed E-state index contributed by atoms with van der Waals surface area (Å²) in [6, 6.07) is 23.7. The zero-order valence-corrected chi connectivity index (χ0v) is 14.0. The molecular formula is C23H15N3. The number of nitrogens with zero attached hydrogens (tertiary/aromatic N) is 1. The van der Waals surface area contributed by atoms with E-state index >= 15 is 0 Å². The van der Waals surface area contributed by atoms with E-state index in [-0.39, 0.29) is 0 Å². The quantitative estimate of drug-likeness (QED) is 0.380. The SMILES string of the molecule is c1ccc2c(c1)[nH]c1ccc(-c3ccc4[nH]c5ccncc5c4c3)cc12. The number of H-pyrrole nitrogens is 2. The van der Waals surface area contributed by atoms with E-state index in [0.29, 0.717) is 0 Å². The molecule has 0 atom stereocenters. The standard InChI is InChI=1S/C23H15N3/c1-2-4-20-16(3-1)17-11-14(5-7-21(17)25-20)15-6-8-22-18(12-15)19-13-24-10-9-23(19)26-22/h1-13,25-26H. The van der Waals surface area contributed by atoms with Crippen molar-refractivity contribution in [2.75, 3.05) is 0 Å². The lowest BCUT2D eigenvalue weighted by Crippen LogP contribution is -1.79. The van der Waals surface area contributed by atoms with Gasteiger partial charge in [-0.1, -0.05) is 30.3 Å². The molecule has 26 heavy (non-hydrogen) atoms. The van der Waals surface area contributed by atoms with E-state index in [1.54, 1.807) is 0 Å². The molecule has 3 aromatic heterocycles. The van der Waals surface area contributed by atoms with E-state index in [1.165, 1.54) is 38.3 Å². The van der Waals surface area contributed by atoms with Crippen LogP contribution in [-0.2, 0) is 0 Å². The van der Waals surface area contributed by atoms with Gasteiger partial charge in [-0.3, -0.25) is 4.98 Å². The van der Waals surface area contributed by atoms with Gasteiger partial charge in [0.05, 0.1) is 0 Å². The Morgan fingerprint density at radius 2 is 1.15 bits per heavy atom. The first-order valence-corrected chi connectivity index (χ1v) is 8.73. The van der Waals surface area contributed by atoms with Crippen LogP contribution in [0.5, 0.6) is 0 Å². The Morgan fingerprint density at radius 3 is 1.92 bits per heavy atom. The smallest absolute Gasteiger partial charge is 0.0495 e. The van der Waals surface area contributed by atoms with Gasteiger partial charge < -0.3 is 9.97 Å². The van der Waals surface area contributed by atoms with Gasteiger partial charge in [-0.25, -0.2) is 0 Å². The van der Waals surface area contributed by atoms with Gasteiger partial charge in [-0.05, 0) is 47.5 Å². The molecule has 3 heterocycles. The van der Waals surface area contributed by atoms with Crippen LogP contribution in [0.2, 0.25) is 0 Å². The number of fused-ring (bicyclic) bond motifs is 6. The van der Waals surface area contributed by atoms with Crippen molar-refractivity contribution >= 4 is 43.6 Å². The summed E-state index contributed by atoms with van der Waals surface area (Å²) in [5, 5.41) is 4.91. The van der Waals surface area contributed by atoms with Crippen molar-refractivity contribution in [1.29, 1.82) is 0 Å². The molecule has 6 rings (SSSR count). The number of benzene rings is 3. The second-order valence-electron chi connectivity index (χ2n) is 6.74. The van der Waals surface area contributed by atoms with Crippen LogP contribution in [0.15, 0.2) is 79.1 Å². The molecule has 2 N–H and O–H groups in total. The van der Waals surface area contributed by atoms with Crippen molar-refractivity contribution in [3.8, 4) is 11.1 Å². The Balaban J connectivity index is 1.61. The average molecular weight is 333 g/mol. The third-order valence-corrected chi connectivity index (χ3v) is 5.24. The number of rotatable bonds is 1. The highest BCUT2D eigenvalue weighted by molar-refractivity contribution is 6.10. The topological polar surface area (TPSA) is 44.5 Å². The third kappa shape index (κ3) is 1.85. The average Bonchev–Trinajstić information content (AvgIpc) is 3.25. The summed E-state index contributed by atoms with van der Waals surface area (Å²) in [5.41, 5.74) is 7.06. The molecule has 0 aliphatic heterocycles. The second-order valence-corrected chi connectivity index (χ2v) is 6.74. The first-order valence-electron chi connectivity index (χ1n) is 8.73. The second kappa shape index (κ2) is 4.96. The summed E-state index contributed by atoms with van der Waals surface area (Å²) in [5.74, 6) is 0. The van der Waals surface area contributed by atoms with Gasteiger partial charge >= 0.3 is 0 Å². The monoisotopic (exact) mass is 333 g/mol. The van der Waals surface area contributed by atoms with Crippen LogP contribution in [0.25, 0.3) is 54.7 Å². The van der Waals surface area contributed by atoms with E-state index in [4.69, 9.17) is 0 Å². The molecular weight excluding hydrogens is 318 g/mol. The summed E-state index contributed by atoms with van der Waals surface area (Å²) in [6.45, 7) is 0. The van der Waals surface area contributed by atoms with Gasteiger partial charge in [-0.2, -0.15) is 0 Å². The van der Waals surface area contributed by atoms with Crippen LogP contribution < -0.4 is 0 Å². The van der Waals surface area contributed by atoms with Gasteiger partial charge in [0.2, 0.25) is 0 Å². The molecule has 3 aromatic carbocycles. The van der Waals surface area contributed by atoms with Crippen LogP contribution in [-0.4, -0.2) is 15.0 Å². The Bertz CT molecular complexity index is 1320. The number of para-hydroxylation sites is 1. The molecule has 3 nitrogen and oxygen atoms in total.